The molecule has 0 bridgehead atoms. The SMILES string of the molecule is COc1ccccc1OCCCN(C)C(=O)[C@H]1CC[C@H](N)[C@@H](O)C1. The average Bonchev–Trinajstić information content (AvgIpc) is 2.60. The topological polar surface area (TPSA) is 85.0 Å². The van der Waals surface area contributed by atoms with Crippen molar-refractivity contribution < 1.29 is 19.4 Å². The van der Waals surface area contributed by atoms with Crippen molar-refractivity contribution >= 4 is 5.91 Å². The number of nitrogens with zero attached hydrogens (tertiary/aromatic N) is 1. The summed E-state index contributed by atoms with van der Waals surface area (Å²) in [6.07, 6.45) is 2.06. The second kappa shape index (κ2) is 8.89. The predicted octanol–water partition coefficient (Wildman–Crippen LogP) is 1.41. The fourth-order valence-electron chi connectivity index (χ4n) is 3.04. The Hall–Kier alpha value is -1.79. The molecule has 2 rings (SSSR count). The van der Waals surface area contributed by atoms with Gasteiger partial charge in [-0.1, -0.05) is 12.1 Å². The van der Waals surface area contributed by atoms with Crippen molar-refractivity contribution in [2.75, 3.05) is 27.3 Å². The molecule has 6 nitrogen and oxygen atoms in total. The molecular weight excluding hydrogens is 308 g/mol. The van der Waals surface area contributed by atoms with Crippen molar-refractivity contribution in [1.29, 1.82) is 0 Å². The Kier molecular flexibility index (Phi) is 6.87. The molecule has 1 fully saturated rings. The maximum absolute atomic E-state index is 12.4. The second-order valence-corrected chi connectivity index (χ2v) is 6.35. The summed E-state index contributed by atoms with van der Waals surface area (Å²) in [5.41, 5.74) is 5.79. The normalized spacial score (nSPS) is 23.6. The van der Waals surface area contributed by atoms with E-state index < -0.39 is 6.10 Å². The number of rotatable bonds is 7. The third-order valence-corrected chi connectivity index (χ3v) is 4.56. The number of hydrogen-bond donors (Lipinski definition) is 2. The van der Waals surface area contributed by atoms with Gasteiger partial charge < -0.3 is 25.2 Å². The molecule has 3 atom stereocenters. The molecule has 1 aliphatic carbocycles. The lowest BCUT2D eigenvalue weighted by molar-refractivity contribution is -0.136. The molecule has 0 aromatic heterocycles. The third kappa shape index (κ3) is 4.85. The molecule has 0 unspecified atom stereocenters. The highest BCUT2D eigenvalue weighted by Gasteiger charge is 2.32. The van der Waals surface area contributed by atoms with E-state index in [0.717, 1.165) is 12.8 Å². The molecule has 1 aliphatic rings. The minimum absolute atomic E-state index is 0.0817. The lowest BCUT2D eigenvalue weighted by Crippen LogP contribution is -2.45. The number of aliphatic hydroxyl groups is 1. The van der Waals surface area contributed by atoms with E-state index in [2.05, 4.69) is 0 Å². The minimum atomic E-state index is -0.574. The first kappa shape index (κ1) is 18.5. The van der Waals surface area contributed by atoms with Crippen molar-refractivity contribution in [2.24, 2.45) is 11.7 Å². The maximum Gasteiger partial charge on any atom is 0.225 e. The second-order valence-electron chi connectivity index (χ2n) is 6.35. The molecule has 0 saturated heterocycles. The van der Waals surface area contributed by atoms with Crippen LogP contribution in [0.25, 0.3) is 0 Å². The van der Waals surface area contributed by atoms with Gasteiger partial charge in [-0.2, -0.15) is 0 Å². The van der Waals surface area contributed by atoms with Gasteiger partial charge in [0, 0.05) is 25.6 Å². The van der Waals surface area contributed by atoms with Crippen molar-refractivity contribution in [1.82, 2.24) is 4.90 Å². The maximum atomic E-state index is 12.4. The molecule has 24 heavy (non-hydrogen) atoms. The zero-order chi connectivity index (χ0) is 17.5. The van der Waals surface area contributed by atoms with E-state index in [1.165, 1.54) is 0 Å². The number of aliphatic hydroxyl groups excluding tert-OH is 1. The summed E-state index contributed by atoms with van der Waals surface area (Å²) < 4.78 is 11.0. The van der Waals surface area contributed by atoms with Crippen LogP contribution in [0, 0.1) is 5.92 Å². The molecule has 6 heteroatoms. The van der Waals surface area contributed by atoms with Crippen molar-refractivity contribution in [3.05, 3.63) is 24.3 Å². The first-order chi connectivity index (χ1) is 11.5. The van der Waals surface area contributed by atoms with Gasteiger partial charge in [-0.25, -0.2) is 0 Å². The number of hydrogen-bond acceptors (Lipinski definition) is 5. The smallest absolute Gasteiger partial charge is 0.225 e. The molecule has 1 amide bonds. The number of amides is 1. The zero-order valence-corrected chi connectivity index (χ0v) is 14.5. The van der Waals surface area contributed by atoms with Crippen LogP contribution in [0.5, 0.6) is 11.5 Å². The summed E-state index contributed by atoms with van der Waals surface area (Å²) in [4.78, 5) is 14.2. The fourth-order valence-corrected chi connectivity index (χ4v) is 3.04. The molecule has 3 N–H and O–H groups in total. The lowest BCUT2D eigenvalue weighted by atomic mass is 9.83. The van der Waals surface area contributed by atoms with Crippen LogP contribution in [0.15, 0.2) is 24.3 Å². The van der Waals surface area contributed by atoms with Gasteiger partial charge in [0.15, 0.2) is 11.5 Å². The summed E-state index contributed by atoms with van der Waals surface area (Å²) in [6.45, 7) is 1.13. The van der Waals surface area contributed by atoms with Crippen LogP contribution in [-0.2, 0) is 4.79 Å². The summed E-state index contributed by atoms with van der Waals surface area (Å²) >= 11 is 0. The van der Waals surface area contributed by atoms with Crippen LogP contribution < -0.4 is 15.2 Å². The van der Waals surface area contributed by atoms with E-state index in [4.69, 9.17) is 15.2 Å². The van der Waals surface area contributed by atoms with Crippen LogP contribution in [0.1, 0.15) is 25.7 Å². The molecule has 1 aromatic rings. The van der Waals surface area contributed by atoms with Crippen molar-refractivity contribution in [2.45, 2.75) is 37.8 Å². The molecule has 0 aliphatic heterocycles. The molecule has 0 spiro atoms. The highest BCUT2D eigenvalue weighted by Crippen LogP contribution is 2.26. The number of methoxy groups -OCH3 is 1. The standard InChI is InChI=1S/C18H28N2O4/c1-20(18(22)13-8-9-14(19)15(21)12-13)10-5-11-24-17-7-4-3-6-16(17)23-2/h3-4,6-7,13-15,21H,5,8-12,19H2,1-2H3/t13-,14-,15-/m0/s1. The molecule has 1 aromatic carbocycles. The van der Waals surface area contributed by atoms with Crippen LogP contribution in [0.4, 0.5) is 0 Å². The van der Waals surface area contributed by atoms with Crippen LogP contribution in [0.3, 0.4) is 0 Å². The summed E-state index contributed by atoms with van der Waals surface area (Å²) in [5, 5.41) is 9.84. The number of carbonyl (C=O) groups excluding carboxylic acids is 1. The largest absolute Gasteiger partial charge is 0.493 e. The number of carbonyl (C=O) groups is 1. The number of ether oxygens (including phenoxy) is 2. The Balaban J connectivity index is 1.73. The van der Waals surface area contributed by atoms with E-state index >= 15 is 0 Å². The van der Waals surface area contributed by atoms with E-state index in [0.29, 0.717) is 37.5 Å². The molecule has 134 valence electrons. The Labute approximate surface area is 143 Å². The van der Waals surface area contributed by atoms with Gasteiger partial charge in [0.2, 0.25) is 5.91 Å². The summed E-state index contributed by atoms with van der Waals surface area (Å²) in [7, 11) is 3.41. The number of nitrogens with two attached hydrogens (primary N) is 1. The first-order valence-electron chi connectivity index (χ1n) is 8.47. The lowest BCUT2D eigenvalue weighted by Gasteiger charge is -2.32. The Morgan fingerprint density at radius 1 is 1.33 bits per heavy atom. The monoisotopic (exact) mass is 336 g/mol. The van der Waals surface area contributed by atoms with Gasteiger partial charge in [-0.05, 0) is 37.8 Å². The van der Waals surface area contributed by atoms with Gasteiger partial charge >= 0.3 is 0 Å². The zero-order valence-electron chi connectivity index (χ0n) is 14.5. The predicted molar refractivity (Wildman–Crippen MR) is 92.1 cm³/mol. The van der Waals surface area contributed by atoms with Gasteiger partial charge in [0.05, 0.1) is 19.8 Å². The Bertz CT molecular complexity index is 538. The third-order valence-electron chi connectivity index (χ3n) is 4.56. The number of benzene rings is 1. The van der Waals surface area contributed by atoms with Crippen LogP contribution in [-0.4, -0.2) is 55.4 Å². The minimum Gasteiger partial charge on any atom is -0.493 e. The van der Waals surface area contributed by atoms with E-state index in [1.807, 2.05) is 24.3 Å². The summed E-state index contributed by atoms with van der Waals surface area (Å²) in [5.74, 6) is 1.37. The highest BCUT2D eigenvalue weighted by atomic mass is 16.5. The molecular formula is C18H28N2O4. The van der Waals surface area contributed by atoms with Gasteiger partial charge in [-0.15, -0.1) is 0 Å². The average molecular weight is 336 g/mol. The highest BCUT2D eigenvalue weighted by molar-refractivity contribution is 5.78. The first-order valence-corrected chi connectivity index (χ1v) is 8.47. The Morgan fingerprint density at radius 2 is 2.04 bits per heavy atom. The van der Waals surface area contributed by atoms with Crippen molar-refractivity contribution in [3.63, 3.8) is 0 Å². The molecule has 0 radical (unpaired) electrons. The molecule has 0 heterocycles. The van der Waals surface area contributed by atoms with Crippen molar-refractivity contribution in [3.8, 4) is 11.5 Å². The Morgan fingerprint density at radius 3 is 2.71 bits per heavy atom. The van der Waals surface area contributed by atoms with Crippen LogP contribution >= 0.6 is 0 Å². The quantitative estimate of drug-likeness (QED) is 0.736. The molecule has 1 saturated carbocycles. The van der Waals surface area contributed by atoms with E-state index in [9.17, 15) is 9.90 Å². The van der Waals surface area contributed by atoms with Gasteiger partial charge in [0.25, 0.3) is 0 Å². The van der Waals surface area contributed by atoms with Crippen LogP contribution in [0.2, 0.25) is 0 Å². The van der Waals surface area contributed by atoms with E-state index in [-0.39, 0.29) is 17.9 Å². The van der Waals surface area contributed by atoms with Gasteiger partial charge in [0.1, 0.15) is 0 Å². The summed E-state index contributed by atoms with van der Waals surface area (Å²) in [6, 6.07) is 7.30. The van der Waals surface area contributed by atoms with Gasteiger partial charge in [-0.3, -0.25) is 4.79 Å². The number of para-hydroxylation sites is 2. The fraction of sp³-hybridized carbons (Fsp3) is 0.611. The van der Waals surface area contributed by atoms with E-state index in [1.54, 1.807) is 19.1 Å².